The molecule has 0 amide bonds. The summed E-state index contributed by atoms with van der Waals surface area (Å²) in [6, 6.07) is 42.0. The Morgan fingerprint density at radius 3 is 1.60 bits per heavy atom. The largest absolute Gasteiger partial charge is 0.488 e. The molecule has 0 aliphatic heterocycles. The van der Waals surface area contributed by atoms with E-state index in [1.54, 1.807) is 27.7 Å². The van der Waals surface area contributed by atoms with Crippen molar-refractivity contribution in [1.29, 1.82) is 0 Å². The molecule has 2 aliphatic carbocycles. The molecular formula is C56H62O6. The zero-order chi connectivity index (χ0) is 44.5. The summed E-state index contributed by atoms with van der Waals surface area (Å²) in [4.78, 5) is 24.6. The molecule has 0 bridgehead atoms. The first kappa shape index (κ1) is 44.5. The maximum absolute atomic E-state index is 12.3. The summed E-state index contributed by atoms with van der Waals surface area (Å²) in [5.74, 6) is 1.40. The molecule has 62 heavy (non-hydrogen) atoms. The Labute approximate surface area is 369 Å². The standard InChI is InChI=1S/C56H62O6/c1-11-50(57)54(7,8)59-32-30-52(3,4)61-43-26-22-41(23-27-43)56(42-24-28-44(29-25-42)62-53(5,6)31-33-60-55(9,10)51(58)12-2)37-48(38-18-14-13-15-19-38)47-36-46-40(35-49(47)56)34-39-20-16-17-21-45(39)46/h11-29,35-36,48H,1-2,30-34,37H2,3-10H3. The summed E-state index contributed by atoms with van der Waals surface area (Å²) in [5, 5.41) is 0. The van der Waals surface area contributed by atoms with Gasteiger partial charge in [0.1, 0.15) is 33.9 Å². The molecule has 0 N–H and O–H groups in total. The van der Waals surface area contributed by atoms with Crippen LogP contribution in [0.3, 0.4) is 0 Å². The number of carbonyl (C=O) groups excluding carboxylic acids is 2. The monoisotopic (exact) mass is 830 g/mol. The average Bonchev–Trinajstić information content (AvgIpc) is 3.78. The number of carbonyl (C=O) groups is 2. The minimum atomic E-state index is -0.938. The summed E-state index contributed by atoms with van der Waals surface area (Å²) in [6.45, 7) is 23.2. The van der Waals surface area contributed by atoms with Gasteiger partial charge in [-0.2, -0.15) is 0 Å². The van der Waals surface area contributed by atoms with Gasteiger partial charge in [-0.25, -0.2) is 0 Å². The van der Waals surface area contributed by atoms with E-state index >= 15 is 0 Å². The zero-order valence-corrected chi connectivity index (χ0v) is 37.8. The van der Waals surface area contributed by atoms with E-state index in [2.05, 4.69) is 128 Å². The first-order valence-corrected chi connectivity index (χ1v) is 21.9. The Morgan fingerprint density at radius 2 is 1.10 bits per heavy atom. The molecular weight excluding hydrogens is 769 g/mol. The molecule has 0 saturated heterocycles. The number of ketones is 2. The van der Waals surface area contributed by atoms with Crippen molar-refractivity contribution in [2.75, 3.05) is 13.2 Å². The Hall–Kier alpha value is -5.56. The van der Waals surface area contributed by atoms with E-state index in [0.29, 0.717) is 26.1 Å². The van der Waals surface area contributed by atoms with Crippen LogP contribution in [0.15, 0.2) is 141 Å². The molecule has 2 aliphatic rings. The van der Waals surface area contributed by atoms with Crippen molar-refractivity contribution in [2.45, 2.75) is 115 Å². The summed E-state index contributed by atoms with van der Waals surface area (Å²) in [5.41, 5.74) is 8.26. The minimum absolute atomic E-state index is 0.145. The molecule has 6 heteroatoms. The molecule has 5 aromatic carbocycles. The highest BCUT2D eigenvalue weighted by Crippen LogP contribution is 2.58. The zero-order valence-electron chi connectivity index (χ0n) is 37.8. The van der Waals surface area contributed by atoms with Crippen LogP contribution >= 0.6 is 0 Å². The third-order valence-electron chi connectivity index (χ3n) is 12.9. The Balaban J connectivity index is 1.24. The van der Waals surface area contributed by atoms with Gasteiger partial charge in [0.25, 0.3) is 0 Å². The normalized spacial score (nSPS) is 15.6. The molecule has 0 spiro atoms. The van der Waals surface area contributed by atoms with Crippen LogP contribution in [0.4, 0.5) is 0 Å². The van der Waals surface area contributed by atoms with Gasteiger partial charge in [-0.1, -0.05) is 98.1 Å². The van der Waals surface area contributed by atoms with Crippen LogP contribution in [0.5, 0.6) is 11.5 Å². The van der Waals surface area contributed by atoms with E-state index in [4.69, 9.17) is 18.9 Å². The van der Waals surface area contributed by atoms with E-state index < -0.39 is 27.8 Å². The lowest BCUT2D eigenvalue weighted by molar-refractivity contribution is -0.136. The predicted molar refractivity (Wildman–Crippen MR) is 249 cm³/mol. The highest BCUT2D eigenvalue weighted by atomic mass is 16.5. The van der Waals surface area contributed by atoms with Crippen LogP contribution in [0.25, 0.3) is 11.1 Å². The fourth-order valence-electron chi connectivity index (χ4n) is 9.17. The van der Waals surface area contributed by atoms with Gasteiger partial charge < -0.3 is 18.9 Å². The fraction of sp³-hybridized carbons (Fsp3) is 0.357. The van der Waals surface area contributed by atoms with E-state index in [9.17, 15) is 9.59 Å². The van der Waals surface area contributed by atoms with E-state index in [1.807, 2.05) is 27.7 Å². The molecule has 1 unspecified atom stereocenters. The number of benzene rings is 5. The third kappa shape index (κ3) is 9.14. The van der Waals surface area contributed by atoms with Crippen molar-refractivity contribution >= 4 is 11.6 Å². The average molecular weight is 831 g/mol. The Morgan fingerprint density at radius 1 is 0.613 bits per heavy atom. The quantitative estimate of drug-likeness (QED) is 0.0757. The highest BCUT2D eigenvalue weighted by Gasteiger charge is 2.48. The number of ether oxygens (including phenoxy) is 4. The summed E-state index contributed by atoms with van der Waals surface area (Å²) in [7, 11) is 0. The van der Waals surface area contributed by atoms with Gasteiger partial charge >= 0.3 is 0 Å². The number of rotatable bonds is 19. The second-order valence-corrected chi connectivity index (χ2v) is 19.1. The second kappa shape index (κ2) is 17.3. The number of fused-ring (bicyclic) bond motifs is 4. The molecule has 0 aromatic heterocycles. The molecule has 322 valence electrons. The van der Waals surface area contributed by atoms with Crippen LogP contribution in [0.1, 0.15) is 120 Å². The summed E-state index contributed by atoms with van der Waals surface area (Å²) < 4.78 is 25.2. The van der Waals surface area contributed by atoms with Gasteiger partial charge in [0.15, 0.2) is 11.6 Å². The number of hydrogen-bond donors (Lipinski definition) is 0. The van der Waals surface area contributed by atoms with Crippen LogP contribution in [-0.4, -0.2) is 47.2 Å². The van der Waals surface area contributed by atoms with E-state index in [0.717, 1.165) is 24.3 Å². The maximum Gasteiger partial charge on any atom is 0.186 e. The van der Waals surface area contributed by atoms with Gasteiger partial charge in [0.2, 0.25) is 0 Å². The topological polar surface area (TPSA) is 71.1 Å². The van der Waals surface area contributed by atoms with Gasteiger partial charge in [-0.05, 0) is 161 Å². The first-order chi connectivity index (χ1) is 29.4. The van der Waals surface area contributed by atoms with Crippen LogP contribution < -0.4 is 9.47 Å². The molecule has 0 fully saturated rings. The molecule has 1 atom stereocenters. The molecule has 6 nitrogen and oxygen atoms in total. The molecule has 5 aromatic rings. The number of hydrogen-bond acceptors (Lipinski definition) is 6. The van der Waals surface area contributed by atoms with Crippen LogP contribution in [0, 0.1) is 0 Å². The Kier molecular flexibility index (Phi) is 12.4. The maximum atomic E-state index is 12.3. The van der Waals surface area contributed by atoms with E-state index in [-0.39, 0.29) is 17.5 Å². The van der Waals surface area contributed by atoms with Crippen molar-refractivity contribution in [2.24, 2.45) is 0 Å². The lowest BCUT2D eigenvalue weighted by Crippen LogP contribution is -2.37. The fourth-order valence-corrected chi connectivity index (χ4v) is 9.17. The predicted octanol–water partition coefficient (Wildman–Crippen LogP) is 12.3. The smallest absolute Gasteiger partial charge is 0.186 e. The van der Waals surface area contributed by atoms with Crippen molar-refractivity contribution in [3.05, 3.63) is 180 Å². The second-order valence-electron chi connectivity index (χ2n) is 19.1. The lowest BCUT2D eigenvalue weighted by atomic mass is 9.69. The van der Waals surface area contributed by atoms with Crippen molar-refractivity contribution < 1.29 is 28.5 Å². The van der Waals surface area contributed by atoms with Gasteiger partial charge in [-0.3, -0.25) is 9.59 Å². The third-order valence-corrected chi connectivity index (χ3v) is 12.9. The molecule has 0 heterocycles. The van der Waals surface area contributed by atoms with Crippen LogP contribution in [0.2, 0.25) is 0 Å². The molecule has 0 radical (unpaired) electrons. The van der Waals surface area contributed by atoms with E-state index in [1.165, 1.54) is 62.2 Å². The van der Waals surface area contributed by atoms with Gasteiger partial charge in [0.05, 0.1) is 13.2 Å². The highest BCUT2D eigenvalue weighted by molar-refractivity contribution is 5.96. The van der Waals surface area contributed by atoms with Gasteiger partial charge in [0, 0.05) is 24.2 Å². The molecule has 0 saturated carbocycles. The Bertz CT molecular complexity index is 2340. The lowest BCUT2D eigenvalue weighted by Gasteiger charge is -2.34. The summed E-state index contributed by atoms with van der Waals surface area (Å²) >= 11 is 0. The summed E-state index contributed by atoms with van der Waals surface area (Å²) in [6.07, 6.45) is 5.57. The molecule has 7 rings (SSSR count). The van der Waals surface area contributed by atoms with Crippen LogP contribution in [-0.2, 0) is 30.9 Å². The van der Waals surface area contributed by atoms with Crippen molar-refractivity contribution in [3.8, 4) is 22.6 Å². The van der Waals surface area contributed by atoms with Gasteiger partial charge in [-0.15, -0.1) is 0 Å². The first-order valence-electron chi connectivity index (χ1n) is 21.9. The van der Waals surface area contributed by atoms with Crippen molar-refractivity contribution in [1.82, 2.24) is 0 Å². The SMILES string of the molecule is C=CC(=O)C(C)(C)OCCC(C)(C)Oc1ccc(C2(c3ccc(OC(C)(C)CCOC(C)(C)C(=O)C=C)cc3)CC(c3ccccc3)c3cc4c(cc32)Cc2ccccc2-4)cc1. The van der Waals surface area contributed by atoms with Crippen molar-refractivity contribution in [3.63, 3.8) is 0 Å². The minimum Gasteiger partial charge on any atom is -0.488 e.